The van der Waals surface area contributed by atoms with Gasteiger partial charge in [-0.15, -0.1) is 0 Å². The van der Waals surface area contributed by atoms with Crippen LogP contribution >= 0.6 is 0 Å². The van der Waals surface area contributed by atoms with Gasteiger partial charge >= 0.3 is 5.97 Å². The molecule has 0 aromatic rings. The molecule has 0 heterocycles. The molecule has 0 aromatic heterocycles. The van der Waals surface area contributed by atoms with Crippen molar-refractivity contribution < 1.29 is 22.7 Å². The summed E-state index contributed by atoms with van der Waals surface area (Å²) < 4.78 is 29.1. The van der Waals surface area contributed by atoms with Crippen LogP contribution in [0.5, 0.6) is 0 Å². The van der Waals surface area contributed by atoms with Crippen LogP contribution in [0, 0.1) is 0 Å². The number of sulfonamides is 1. The Balaban J connectivity index is 3.79. The lowest BCUT2D eigenvalue weighted by molar-refractivity contribution is -0.140. The van der Waals surface area contributed by atoms with Crippen LogP contribution in [0.1, 0.15) is 19.3 Å². The van der Waals surface area contributed by atoms with Crippen LogP contribution < -0.4 is 10.5 Å². The molecule has 0 aromatic carbocycles. The van der Waals surface area contributed by atoms with Crippen molar-refractivity contribution in [1.82, 2.24) is 4.72 Å². The molecule has 0 spiro atoms. The van der Waals surface area contributed by atoms with Gasteiger partial charge in [0, 0.05) is 19.4 Å². The maximum Gasteiger partial charge on any atom is 0.305 e. The average Bonchev–Trinajstić information content (AvgIpc) is 2.16. The van der Waals surface area contributed by atoms with Crippen molar-refractivity contribution in [3.8, 4) is 0 Å². The zero-order chi connectivity index (χ0) is 12.6. The van der Waals surface area contributed by atoms with E-state index in [-0.39, 0.29) is 31.6 Å². The van der Waals surface area contributed by atoms with Gasteiger partial charge in [0.05, 0.1) is 12.9 Å². The Morgan fingerprint density at radius 3 is 2.44 bits per heavy atom. The molecule has 0 bridgehead atoms. The second-order valence-corrected chi connectivity index (χ2v) is 5.04. The molecule has 16 heavy (non-hydrogen) atoms. The number of esters is 1. The van der Waals surface area contributed by atoms with E-state index >= 15 is 0 Å². The van der Waals surface area contributed by atoms with Crippen molar-refractivity contribution in [3.63, 3.8) is 0 Å². The Bertz CT molecular complexity index is 338. The number of hydrogen-bond donors (Lipinski definition) is 2. The highest BCUT2D eigenvalue weighted by Gasteiger charge is 2.11. The summed E-state index contributed by atoms with van der Waals surface area (Å²) in [5.74, 6) is -1.20. The van der Waals surface area contributed by atoms with Gasteiger partial charge in [-0.3, -0.25) is 9.59 Å². The van der Waals surface area contributed by atoms with Gasteiger partial charge in [-0.2, -0.15) is 0 Å². The summed E-state index contributed by atoms with van der Waals surface area (Å²) in [7, 11) is -2.21. The van der Waals surface area contributed by atoms with Gasteiger partial charge in [-0.25, -0.2) is 13.1 Å². The molecule has 0 aliphatic heterocycles. The fourth-order valence-electron chi connectivity index (χ4n) is 0.910. The number of ether oxygens (including phenoxy) is 1. The molecule has 0 atom stereocenters. The molecular weight excluding hydrogens is 236 g/mol. The van der Waals surface area contributed by atoms with Gasteiger partial charge in [0.1, 0.15) is 0 Å². The maximum atomic E-state index is 11.3. The molecule has 1 amide bonds. The molecule has 0 saturated carbocycles. The third-order valence-corrected chi connectivity index (χ3v) is 3.19. The van der Waals surface area contributed by atoms with E-state index in [0.29, 0.717) is 0 Å². The molecule has 0 unspecified atom stereocenters. The third kappa shape index (κ3) is 8.18. The lowest BCUT2D eigenvalue weighted by Gasteiger charge is -2.04. The van der Waals surface area contributed by atoms with Gasteiger partial charge in [0.15, 0.2) is 0 Å². The standard InChI is InChI=1S/C8H16N2O5S/c1-15-8(12)3-2-6-16(13,14)10-5-4-7(9)11/h10H,2-6H2,1H3,(H2,9,11). The van der Waals surface area contributed by atoms with Crippen LogP contribution in [-0.4, -0.2) is 39.7 Å². The molecule has 0 saturated heterocycles. The topological polar surface area (TPSA) is 116 Å². The summed E-state index contributed by atoms with van der Waals surface area (Å²) in [4.78, 5) is 21.1. The van der Waals surface area contributed by atoms with E-state index in [1.165, 1.54) is 7.11 Å². The zero-order valence-corrected chi connectivity index (χ0v) is 9.88. The first-order valence-corrected chi connectivity index (χ1v) is 6.35. The van der Waals surface area contributed by atoms with Gasteiger partial charge < -0.3 is 10.5 Å². The normalized spacial score (nSPS) is 11.1. The first-order chi connectivity index (χ1) is 7.37. The predicted molar refractivity (Wildman–Crippen MR) is 56.9 cm³/mol. The van der Waals surface area contributed by atoms with E-state index in [1.807, 2.05) is 0 Å². The second kappa shape index (κ2) is 7.18. The van der Waals surface area contributed by atoms with Crippen molar-refractivity contribution in [3.05, 3.63) is 0 Å². The van der Waals surface area contributed by atoms with Gasteiger partial charge in [0.25, 0.3) is 0 Å². The average molecular weight is 252 g/mol. The molecular formula is C8H16N2O5S. The van der Waals surface area contributed by atoms with E-state index < -0.39 is 21.9 Å². The molecule has 0 aliphatic carbocycles. The summed E-state index contributed by atoms with van der Waals surface area (Å²) in [6.45, 7) is -0.0180. The van der Waals surface area contributed by atoms with Gasteiger partial charge in [-0.1, -0.05) is 0 Å². The monoisotopic (exact) mass is 252 g/mol. The van der Waals surface area contributed by atoms with Crippen LogP contribution in [0.3, 0.4) is 0 Å². The number of carbonyl (C=O) groups excluding carboxylic acids is 2. The third-order valence-electron chi connectivity index (χ3n) is 1.72. The number of carbonyl (C=O) groups is 2. The molecule has 3 N–H and O–H groups in total. The number of primary amides is 1. The van der Waals surface area contributed by atoms with E-state index in [4.69, 9.17) is 5.73 Å². The Kier molecular flexibility index (Phi) is 6.66. The SMILES string of the molecule is COC(=O)CCCS(=O)(=O)NCCC(N)=O. The minimum atomic E-state index is -3.45. The second-order valence-electron chi connectivity index (χ2n) is 3.11. The number of hydrogen-bond acceptors (Lipinski definition) is 5. The van der Waals surface area contributed by atoms with Crippen LogP contribution in [0.15, 0.2) is 0 Å². The first kappa shape index (κ1) is 14.8. The molecule has 7 nitrogen and oxygen atoms in total. The first-order valence-electron chi connectivity index (χ1n) is 4.70. The zero-order valence-electron chi connectivity index (χ0n) is 9.06. The van der Waals surface area contributed by atoms with Crippen LogP contribution in [-0.2, 0) is 24.3 Å². The molecule has 0 rings (SSSR count). The summed E-state index contributed by atoms with van der Waals surface area (Å²) in [5, 5.41) is 0. The molecule has 0 fully saturated rings. The number of nitrogens with one attached hydrogen (secondary N) is 1. The van der Waals surface area contributed by atoms with Crippen LogP contribution in [0.2, 0.25) is 0 Å². The minimum Gasteiger partial charge on any atom is -0.469 e. The van der Waals surface area contributed by atoms with Crippen molar-refractivity contribution in [1.29, 1.82) is 0 Å². The Hall–Kier alpha value is -1.15. The van der Waals surface area contributed by atoms with Crippen molar-refractivity contribution in [2.45, 2.75) is 19.3 Å². The minimum absolute atomic E-state index is 0.0180. The Labute approximate surface area is 94.4 Å². The summed E-state index contributed by atoms with van der Waals surface area (Å²) in [5.41, 5.74) is 4.84. The van der Waals surface area contributed by atoms with E-state index in [0.717, 1.165) is 0 Å². The smallest absolute Gasteiger partial charge is 0.305 e. The summed E-state index contributed by atoms with van der Waals surface area (Å²) in [6.07, 6.45) is 0.183. The lowest BCUT2D eigenvalue weighted by Crippen LogP contribution is -2.30. The highest BCUT2D eigenvalue weighted by Crippen LogP contribution is 1.96. The number of methoxy groups -OCH3 is 1. The van der Waals surface area contributed by atoms with E-state index in [9.17, 15) is 18.0 Å². The summed E-state index contributed by atoms with van der Waals surface area (Å²) in [6, 6.07) is 0. The van der Waals surface area contributed by atoms with Crippen molar-refractivity contribution >= 4 is 21.9 Å². The molecule has 94 valence electrons. The number of nitrogens with two attached hydrogens (primary N) is 1. The van der Waals surface area contributed by atoms with Crippen molar-refractivity contribution in [2.75, 3.05) is 19.4 Å². The lowest BCUT2D eigenvalue weighted by atomic mass is 10.3. The highest BCUT2D eigenvalue weighted by molar-refractivity contribution is 7.89. The van der Waals surface area contributed by atoms with Crippen LogP contribution in [0.25, 0.3) is 0 Å². The quantitative estimate of drug-likeness (QED) is 0.523. The van der Waals surface area contributed by atoms with Gasteiger partial charge in [0.2, 0.25) is 15.9 Å². The maximum absolute atomic E-state index is 11.3. The fraction of sp³-hybridized carbons (Fsp3) is 0.750. The molecule has 0 aliphatic rings. The predicted octanol–water partition coefficient (Wildman–Crippen LogP) is -1.27. The summed E-state index contributed by atoms with van der Waals surface area (Å²) >= 11 is 0. The van der Waals surface area contributed by atoms with Crippen molar-refractivity contribution in [2.24, 2.45) is 5.73 Å². The van der Waals surface area contributed by atoms with Gasteiger partial charge in [-0.05, 0) is 6.42 Å². The number of amides is 1. The molecule has 0 radical (unpaired) electrons. The highest BCUT2D eigenvalue weighted by atomic mass is 32.2. The Morgan fingerprint density at radius 2 is 1.94 bits per heavy atom. The van der Waals surface area contributed by atoms with E-state index in [2.05, 4.69) is 9.46 Å². The fourth-order valence-corrected chi connectivity index (χ4v) is 1.99. The van der Waals surface area contributed by atoms with Crippen LogP contribution in [0.4, 0.5) is 0 Å². The largest absolute Gasteiger partial charge is 0.469 e. The number of rotatable bonds is 8. The van der Waals surface area contributed by atoms with E-state index in [1.54, 1.807) is 0 Å². The Morgan fingerprint density at radius 1 is 1.31 bits per heavy atom. The molecule has 8 heteroatoms.